The fourth-order valence-corrected chi connectivity index (χ4v) is 2.46. The molecule has 27 heavy (non-hydrogen) atoms. The van der Waals surface area contributed by atoms with E-state index in [-0.39, 0.29) is 12.0 Å². The number of nitrogens with zero attached hydrogens (tertiary/aromatic N) is 2. The van der Waals surface area contributed by atoms with Gasteiger partial charge in [0.05, 0.1) is 13.2 Å². The van der Waals surface area contributed by atoms with Crippen LogP contribution < -0.4 is 10.1 Å². The van der Waals surface area contributed by atoms with Gasteiger partial charge in [0, 0.05) is 32.4 Å². The first-order valence-corrected chi connectivity index (χ1v) is 9.39. The largest absolute Gasteiger partial charge is 0.497 e. The maximum Gasteiger partial charge on any atom is 0.220 e. The SMILES string of the molecule is COc1ccc(CCc2nnc(CCC(=O)NCCCOC(C)C)o2)cc1. The van der Waals surface area contributed by atoms with Crippen LogP contribution in [0, 0.1) is 0 Å². The summed E-state index contributed by atoms with van der Waals surface area (Å²) in [5.74, 6) is 1.91. The van der Waals surface area contributed by atoms with E-state index < -0.39 is 0 Å². The highest BCUT2D eigenvalue weighted by molar-refractivity contribution is 5.75. The first-order valence-electron chi connectivity index (χ1n) is 9.39. The Balaban J connectivity index is 1.64. The number of nitrogens with one attached hydrogen (secondary N) is 1. The fourth-order valence-electron chi connectivity index (χ4n) is 2.46. The highest BCUT2D eigenvalue weighted by Crippen LogP contribution is 2.13. The van der Waals surface area contributed by atoms with Gasteiger partial charge >= 0.3 is 0 Å². The van der Waals surface area contributed by atoms with Crippen LogP contribution in [0.2, 0.25) is 0 Å². The standard InChI is InChI=1S/C20H29N3O4/c1-15(2)26-14-4-13-21-18(24)10-12-20-23-22-19(27-20)11-7-16-5-8-17(25-3)9-6-16/h5-6,8-9,15H,4,7,10-14H2,1-3H3,(H,21,24). The topological polar surface area (TPSA) is 86.5 Å². The van der Waals surface area contributed by atoms with Gasteiger partial charge in [-0.15, -0.1) is 10.2 Å². The maximum absolute atomic E-state index is 11.8. The number of hydrogen-bond donors (Lipinski definition) is 1. The second-order valence-corrected chi connectivity index (χ2v) is 6.56. The average Bonchev–Trinajstić information content (AvgIpc) is 3.12. The minimum Gasteiger partial charge on any atom is -0.497 e. The highest BCUT2D eigenvalue weighted by Gasteiger charge is 2.09. The Bertz CT molecular complexity index is 683. The molecule has 2 rings (SSSR count). The van der Waals surface area contributed by atoms with Crippen molar-refractivity contribution in [2.75, 3.05) is 20.3 Å². The van der Waals surface area contributed by atoms with Crippen molar-refractivity contribution in [3.63, 3.8) is 0 Å². The summed E-state index contributed by atoms with van der Waals surface area (Å²) in [4.78, 5) is 11.8. The summed E-state index contributed by atoms with van der Waals surface area (Å²) in [5, 5.41) is 10.9. The average molecular weight is 375 g/mol. The third-order valence-electron chi connectivity index (χ3n) is 3.96. The van der Waals surface area contributed by atoms with Gasteiger partial charge in [0.15, 0.2) is 0 Å². The van der Waals surface area contributed by atoms with Crippen LogP contribution in [-0.4, -0.2) is 42.5 Å². The van der Waals surface area contributed by atoms with Crippen LogP contribution in [0.4, 0.5) is 0 Å². The Hall–Kier alpha value is -2.41. The number of aromatic nitrogens is 2. The first kappa shape index (κ1) is 20.9. The molecule has 0 aliphatic heterocycles. The van der Waals surface area contributed by atoms with E-state index in [1.165, 1.54) is 5.56 Å². The molecule has 0 saturated carbocycles. The quantitative estimate of drug-likeness (QED) is 0.574. The maximum atomic E-state index is 11.8. The lowest BCUT2D eigenvalue weighted by atomic mass is 10.1. The molecule has 7 nitrogen and oxygen atoms in total. The molecule has 148 valence electrons. The lowest BCUT2D eigenvalue weighted by molar-refractivity contribution is -0.121. The molecule has 0 bridgehead atoms. The van der Waals surface area contributed by atoms with Gasteiger partial charge in [0.25, 0.3) is 0 Å². The lowest BCUT2D eigenvalue weighted by Gasteiger charge is -2.07. The zero-order chi connectivity index (χ0) is 19.5. The van der Waals surface area contributed by atoms with Crippen molar-refractivity contribution in [2.24, 2.45) is 0 Å². The number of aryl methyl sites for hydroxylation is 3. The zero-order valence-corrected chi connectivity index (χ0v) is 16.4. The summed E-state index contributed by atoms with van der Waals surface area (Å²) >= 11 is 0. The van der Waals surface area contributed by atoms with Crippen LogP contribution in [0.1, 0.15) is 44.0 Å². The molecular weight excluding hydrogens is 346 g/mol. The van der Waals surface area contributed by atoms with E-state index in [1.54, 1.807) is 7.11 Å². The molecule has 0 aliphatic rings. The van der Waals surface area contributed by atoms with Crippen molar-refractivity contribution < 1.29 is 18.7 Å². The van der Waals surface area contributed by atoms with Crippen LogP contribution in [-0.2, 0) is 28.8 Å². The summed E-state index contributed by atoms with van der Waals surface area (Å²) in [6, 6.07) is 7.91. The Morgan fingerprint density at radius 1 is 1.11 bits per heavy atom. The molecule has 0 saturated heterocycles. The Morgan fingerprint density at radius 2 is 1.81 bits per heavy atom. The van der Waals surface area contributed by atoms with E-state index >= 15 is 0 Å². The lowest BCUT2D eigenvalue weighted by Crippen LogP contribution is -2.25. The summed E-state index contributed by atoms with van der Waals surface area (Å²) in [7, 11) is 1.65. The smallest absolute Gasteiger partial charge is 0.220 e. The van der Waals surface area contributed by atoms with E-state index in [4.69, 9.17) is 13.9 Å². The molecule has 0 aliphatic carbocycles. The minimum absolute atomic E-state index is 0.0162. The van der Waals surface area contributed by atoms with Gasteiger partial charge in [-0.3, -0.25) is 4.79 Å². The van der Waals surface area contributed by atoms with Crippen LogP contribution in [0.5, 0.6) is 5.75 Å². The Labute approximate surface area is 160 Å². The van der Waals surface area contributed by atoms with E-state index in [1.807, 2.05) is 38.1 Å². The first-order chi connectivity index (χ1) is 13.1. The number of hydrogen-bond acceptors (Lipinski definition) is 6. The molecule has 1 heterocycles. The molecule has 0 radical (unpaired) electrons. The summed E-state index contributed by atoms with van der Waals surface area (Å²) in [6.45, 7) is 5.25. The van der Waals surface area contributed by atoms with E-state index in [0.717, 1.165) is 18.6 Å². The van der Waals surface area contributed by atoms with E-state index in [0.29, 0.717) is 44.2 Å². The third-order valence-corrected chi connectivity index (χ3v) is 3.96. The molecule has 0 spiro atoms. The molecule has 0 atom stereocenters. The molecule has 2 aromatic rings. The number of ether oxygens (including phenoxy) is 2. The molecule has 0 fully saturated rings. The second-order valence-electron chi connectivity index (χ2n) is 6.56. The number of amides is 1. The zero-order valence-electron chi connectivity index (χ0n) is 16.4. The third kappa shape index (κ3) is 8.21. The highest BCUT2D eigenvalue weighted by atomic mass is 16.5. The van der Waals surface area contributed by atoms with Gasteiger partial charge in [0.2, 0.25) is 17.7 Å². The Kier molecular flexibility index (Phi) is 8.77. The van der Waals surface area contributed by atoms with Gasteiger partial charge in [-0.25, -0.2) is 0 Å². The van der Waals surface area contributed by atoms with Crippen molar-refractivity contribution in [3.05, 3.63) is 41.6 Å². The number of carbonyl (C=O) groups excluding carboxylic acids is 1. The van der Waals surface area contributed by atoms with Gasteiger partial charge in [0.1, 0.15) is 5.75 Å². The van der Waals surface area contributed by atoms with Gasteiger partial charge in [-0.1, -0.05) is 12.1 Å². The van der Waals surface area contributed by atoms with Crippen LogP contribution in [0.25, 0.3) is 0 Å². The molecule has 1 aromatic carbocycles. The normalized spacial score (nSPS) is 11.0. The summed E-state index contributed by atoms with van der Waals surface area (Å²) < 4.78 is 16.2. The van der Waals surface area contributed by atoms with Crippen molar-refractivity contribution >= 4 is 5.91 Å². The van der Waals surface area contributed by atoms with Gasteiger partial charge in [-0.2, -0.15) is 0 Å². The molecule has 7 heteroatoms. The molecule has 1 aromatic heterocycles. The van der Waals surface area contributed by atoms with E-state index in [2.05, 4.69) is 15.5 Å². The van der Waals surface area contributed by atoms with Crippen LogP contribution >= 0.6 is 0 Å². The predicted molar refractivity (Wildman–Crippen MR) is 102 cm³/mol. The number of methoxy groups -OCH3 is 1. The van der Waals surface area contributed by atoms with Crippen molar-refractivity contribution in [2.45, 2.75) is 52.1 Å². The molecular formula is C20H29N3O4. The predicted octanol–water partition coefficient (Wildman–Crippen LogP) is 2.73. The van der Waals surface area contributed by atoms with Crippen molar-refractivity contribution in [3.8, 4) is 5.75 Å². The molecule has 1 N–H and O–H groups in total. The van der Waals surface area contributed by atoms with Crippen molar-refractivity contribution in [1.29, 1.82) is 0 Å². The monoisotopic (exact) mass is 375 g/mol. The number of benzene rings is 1. The minimum atomic E-state index is -0.0162. The number of carbonyl (C=O) groups is 1. The fraction of sp³-hybridized carbons (Fsp3) is 0.550. The summed E-state index contributed by atoms with van der Waals surface area (Å²) in [6.07, 6.45) is 3.29. The Morgan fingerprint density at radius 3 is 2.48 bits per heavy atom. The van der Waals surface area contributed by atoms with E-state index in [9.17, 15) is 4.79 Å². The molecule has 0 unspecified atom stereocenters. The second kappa shape index (κ2) is 11.3. The van der Waals surface area contributed by atoms with Crippen molar-refractivity contribution in [1.82, 2.24) is 15.5 Å². The van der Waals surface area contributed by atoms with Crippen LogP contribution in [0.3, 0.4) is 0 Å². The van der Waals surface area contributed by atoms with Crippen LogP contribution in [0.15, 0.2) is 28.7 Å². The summed E-state index contributed by atoms with van der Waals surface area (Å²) in [5.41, 5.74) is 1.18. The molecule has 1 amide bonds. The van der Waals surface area contributed by atoms with Gasteiger partial charge < -0.3 is 19.2 Å². The number of rotatable bonds is 12. The van der Waals surface area contributed by atoms with Gasteiger partial charge in [-0.05, 0) is 44.4 Å².